The summed E-state index contributed by atoms with van der Waals surface area (Å²) in [5.74, 6) is -0.527. The zero-order chi connectivity index (χ0) is 12.7. The minimum atomic E-state index is -0.943. The van der Waals surface area contributed by atoms with Crippen molar-refractivity contribution in [2.24, 2.45) is 4.99 Å². The summed E-state index contributed by atoms with van der Waals surface area (Å²) in [5.41, 5.74) is 1.45. The van der Waals surface area contributed by atoms with Crippen molar-refractivity contribution >= 4 is 24.6 Å². The van der Waals surface area contributed by atoms with Gasteiger partial charge in [-0.15, -0.1) is 0 Å². The van der Waals surface area contributed by atoms with Crippen LogP contribution in [0, 0.1) is 6.92 Å². The summed E-state index contributed by atoms with van der Waals surface area (Å²) in [4.78, 5) is 14.2. The molecule has 5 heteroatoms. The van der Waals surface area contributed by atoms with Gasteiger partial charge in [0.15, 0.2) is 5.82 Å². The number of carbonyl (C=O) groups is 1. The second-order valence-electron chi connectivity index (χ2n) is 2.74. The zero-order valence-corrected chi connectivity index (χ0v) is 9.90. The minimum Gasteiger partial charge on any atom is -0.480 e. The van der Waals surface area contributed by atoms with Crippen LogP contribution in [0.15, 0.2) is 11.6 Å². The molecule has 0 aliphatic rings. The SMILES string of the molecule is C=Cc1c(N=C)nn(CC(=O)O)c1C.CC. The Morgan fingerprint density at radius 1 is 1.62 bits per heavy atom. The molecule has 0 amide bonds. The molecule has 88 valence electrons. The number of hydrogen-bond donors (Lipinski definition) is 1. The van der Waals surface area contributed by atoms with Gasteiger partial charge in [-0.2, -0.15) is 5.10 Å². The average molecular weight is 223 g/mol. The van der Waals surface area contributed by atoms with Crippen LogP contribution >= 0.6 is 0 Å². The van der Waals surface area contributed by atoms with E-state index in [2.05, 4.69) is 23.4 Å². The van der Waals surface area contributed by atoms with Crippen molar-refractivity contribution in [3.8, 4) is 0 Å². The van der Waals surface area contributed by atoms with Crippen LogP contribution in [0.25, 0.3) is 6.08 Å². The maximum atomic E-state index is 10.5. The molecule has 0 radical (unpaired) electrons. The number of carboxylic acid groups (broad SMARTS) is 1. The van der Waals surface area contributed by atoms with Gasteiger partial charge < -0.3 is 5.11 Å². The Morgan fingerprint density at radius 3 is 2.50 bits per heavy atom. The molecular weight excluding hydrogens is 206 g/mol. The van der Waals surface area contributed by atoms with E-state index < -0.39 is 5.97 Å². The van der Waals surface area contributed by atoms with E-state index in [1.807, 2.05) is 13.8 Å². The van der Waals surface area contributed by atoms with Crippen molar-refractivity contribution in [2.45, 2.75) is 27.3 Å². The molecule has 0 fully saturated rings. The fourth-order valence-electron chi connectivity index (χ4n) is 1.18. The van der Waals surface area contributed by atoms with E-state index in [1.165, 1.54) is 4.68 Å². The van der Waals surface area contributed by atoms with Crippen LogP contribution in [0.1, 0.15) is 25.1 Å². The highest BCUT2D eigenvalue weighted by Crippen LogP contribution is 2.21. The third kappa shape index (κ3) is 3.05. The summed E-state index contributed by atoms with van der Waals surface area (Å²) in [6.07, 6.45) is 1.59. The Balaban J connectivity index is 0.00000106. The summed E-state index contributed by atoms with van der Waals surface area (Å²) < 4.78 is 1.36. The van der Waals surface area contributed by atoms with E-state index in [4.69, 9.17) is 5.11 Å². The lowest BCUT2D eigenvalue weighted by Crippen LogP contribution is -2.11. The number of aliphatic imine (C=N–C) groups is 1. The maximum absolute atomic E-state index is 10.5. The zero-order valence-electron chi connectivity index (χ0n) is 9.90. The standard InChI is InChI=1S/C9H11N3O2.C2H6/c1-4-7-6(2)12(5-8(13)14)11-9(7)10-3;1-2/h4H,1,3,5H2,2H3,(H,13,14);1-2H3. The van der Waals surface area contributed by atoms with Crippen LogP contribution in [-0.2, 0) is 11.3 Å². The van der Waals surface area contributed by atoms with Crippen LogP contribution in [0.2, 0.25) is 0 Å². The van der Waals surface area contributed by atoms with Crippen molar-refractivity contribution in [3.63, 3.8) is 0 Å². The second-order valence-corrected chi connectivity index (χ2v) is 2.74. The molecule has 16 heavy (non-hydrogen) atoms. The first-order valence-electron chi connectivity index (χ1n) is 4.98. The number of aliphatic carboxylic acids is 1. The Labute approximate surface area is 95.1 Å². The highest BCUT2D eigenvalue weighted by Gasteiger charge is 2.12. The Hall–Kier alpha value is -1.91. The third-order valence-corrected chi connectivity index (χ3v) is 1.87. The number of nitrogens with zero attached hydrogens (tertiary/aromatic N) is 3. The van der Waals surface area contributed by atoms with Crippen LogP contribution in [0.4, 0.5) is 5.82 Å². The number of hydrogen-bond acceptors (Lipinski definition) is 3. The molecule has 0 spiro atoms. The van der Waals surface area contributed by atoms with Crippen molar-refractivity contribution in [3.05, 3.63) is 17.8 Å². The lowest BCUT2D eigenvalue weighted by atomic mass is 10.2. The van der Waals surface area contributed by atoms with E-state index in [1.54, 1.807) is 13.0 Å². The van der Waals surface area contributed by atoms with Crippen molar-refractivity contribution in [1.29, 1.82) is 0 Å². The van der Waals surface area contributed by atoms with Gasteiger partial charge in [-0.05, 0) is 13.6 Å². The quantitative estimate of drug-likeness (QED) is 0.796. The van der Waals surface area contributed by atoms with Crippen LogP contribution < -0.4 is 0 Å². The second kappa shape index (κ2) is 6.55. The summed E-state index contributed by atoms with van der Waals surface area (Å²) in [5, 5.41) is 12.6. The molecule has 0 aliphatic carbocycles. The third-order valence-electron chi connectivity index (χ3n) is 1.87. The van der Waals surface area contributed by atoms with Gasteiger partial charge in [0.05, 0.1) is 0 Å². The molecule has 0 bridgehead atoms. The molecule has 1 N–H and O–H groups in total. The fraction of sp³-hybridized carbons (Fsp3) is 0.364. The molecule has 0 unspecified atom stereocenters. The van der Waals surface area contributed by atoms with Gasteiger partial charge in [0.25, 0.3) is 0 Å². The van der Waals surface area contributed by atoms with Crippen molar-refractivity contribution in [1.82, 2.24) is 9.78 Å². The number of carboxylic acids is 1. The Bertz CT molecular complexity index is 394. The predicted octanol–water partition coefficient (Wildman–Crippen LogP) is 2.28. The Morgan fingerprint density at radius 2 is 2.19 bits per heavy atom. The first-order chi connectivity index (χ1) is 7.60. The smallest absolute Gasteiger partial charge is 0.325 e. The molecule has 0 saturated heterocycles. The molecule has 0 saturated carbocycles. The minimum absolute atomic E-state index is 0.178. The lowest BCUT2D eigenvalue weighted by molar-refractivity contribution is -0.137. The summed E-state index contributed by atoms with van der Waals surface area (Å²) in [6.45, 7) is 12.5. The largest absolute Gasteiger partial charge is 0.480 e. The van der Waals surface area contributed by atoms with Crippen molar-refractivity contribution < 1.29 is 9.90 Å². The predicted molar refractivity (Wildman–Crippen MR) is 65.2 cm³/mol. The molecular formula is C11H17N3O2. The topological polar surface area (TPSA) is 67.5 Å². The molecule has 0 aliphatic heterocycles. The molecule has 1 aromatic heterocycles. The molecule has 1 heterocycles. The van der Waals surface area contributed by atoms with Crippen LogP contribution in [0.3, 0.4) is 0 Å². The normalized spacial score (nSPS) is 8.94. The highest BCUT2D eigenvalue weighted by atomic mass is 16.4. The maximum Gasteiger partial charge on any atom is 0.325 e. The van der Waals surface area contributed by atoms with Gasteiger partial charge in [-0.3, -0.25) is 9.48 Å². The first-order valence-corrected chi connectivity index (χ1v) is 4.98. The number of rotatable bonds is 4. The first kappa shape index (κ1) is 14.1. The molecule has 5 nitrogen and oxygen atoms in total. The molecule has 0 atom stereocenters. The van der Waals surface area contributed by atoms with E-state index >= 15 is 0 Å². The fourth-order valence-corrected chi connectivity index (χ4v) is 1.18. The van der Waals surface area contributed by atoms with Gasteiger partial charge in [-0.1, -0.05) is 26.5 Å². The lowest BCUT2D eigenvalue weighted by Gasteiger charge is -1.98. The van der Waals surface area contributed by atoms with Crippen LogP contribution in [0.5, 0.6) is 0 Å². The van der Waals surface area contributed by atoms with Gasteiger partial charge in [0.2, 0.25) is 0 Å². The summed E-state index contributed by atoms with van der Waals surface area (Å²) in [7, 11) is 0. The monoisotopic (exact) mass is 223 g/mol. The van der Waals surface area contributed by atoms with Gasteiger partial charge in [0, 0.05) is 11.3 Å². The highest BCUT2D eigenvalue weighted by molar-refractivity contribution is 5.68. The van der Waals surface area contributed by atoms with E-state index in [0.717, 1.165) is 11.3 Å². The van der Waals surface area contributed by atoms with Crippen molar-refractivity contribution in [2.75, 3.05) is 0 Å². The number of aromatic nitrogens is 2. The Kier molecular flexibility index (Phi) is 5.77. The molecule has 1 rings (SSSR count). The average Bonchev–Trinajstić information content (AvgIpc) is 2.57. The van der Waals surface area contributed by atoms with E-state index in [9.17, 15) is 4.79 Å². The van der Waals surface area contributed by atoms with E-state index in [-0.39, 0.29) is 6.54 Å². The molecule has 1 aromatic rings. The van der Waals surface area contributed by atoms with E-state index in [0.29, 0.717) is 5.82 Å². The van der Waals surface area contributed by atoms with Gasteiger partial charge >= 0.3 is 5.97 Å². The summed E-state index contributed by atoms with van der Waals surface area (Å²) in [6, 6.07) is 0. The molecule has 0 aromatic carbocycles. The summed E-state index contributed by atoms with van der Waals surface area (Å²) >= 11 is 0. The van der Waals surface area contributed by atoms with Crippen LogP contribution in [-0.4, -0.2) is 27.6 Å². The van der Waals surface area contributed by atoms with Gasteiger partial charge in [-0.25, -0.2) is 4.99 Å². The van der Waals surface area contributed by atoms with Gasteiger partial charge in [0.1, 0.15) is 6.54 Å².